The number of nitrogens with zero attached hydrogens (tertiary/aromatic N) is 6. The van der Waals surface area contributed by atoms with Gasteiger partial charge in [0.1, 0.15) is 11.9 Å². The predicted molar refractivity (Wildman–Crippen MR) is 113 cm³/mol. The molecular formula is C19H16BrFN6O2S. The van der Waals surface area contributed by atoms with E-state index in [0.717, 1.165) is 0 Å². The van der Waals surface area contributed by atoms with Gasteiger partial charge in [-0.25, -0.2) is 14.2 Å². The standard InChI is InChI=1S/C19H16BrFN6O2S/c1-2-29-19(28)14-15(11-4-3-10(21)9-12(11)20)24-17(18-23-6-8-30-18)27-7-5-13(16(14)27)25-26-22/h3-4,6,8-9,13,15H,2,5,7H2,1H3/t13-,15-/m0/s1. The molecule has 0 bridgehead atoms. The number of halogens is 2. The summed E-state index contributed by atoms with van der Waals surface area (Å²) in [7, 11) is 0. The van der Waals surface area contributed by atoms with Gasteiger partial charge in [-0.3, -0.25) is 4.99 Å². The topological polar surface area (TPSA) is 104 Å². The van der Waals surface area contributed by atoms with Crippen LogP contribution in [0.4, 0.5) is 4.39 Å². The van der Waals surface area contributed by atoms with Gasteiger partial charge in [-0.05, 0) is 36.6 Å². The zero-order chi connectivity index (χ0) is 21.3. The molecule has 3 heterocycles. The smallest absolute Gasteiger partial charge is 0.338 e. The Hall–Kier alpha value is -2.75. The van der Waals surface area contributed by atoms with Crippen LogP contribution in [0.15, 0.2) is 55.6 Å². The van der Waals surface area contributed by atoms with Crippen LogP contribution < -0.4 is 0 Å². The van der Waals surface area contributed by atoms with Crippen molar-refractivity contribution >= 4 is 39.1 Å². The Morgan fingerprint density at radius 3 is 3.03 bits per heavy atom. The van der Waals surface area contributed by atoms with E-state index in [0.29, 0.717) is 45.1 Å². The second-order valence-corrected chi connectivity index (χ2v) is 8.29. The van der Waals surface area contributed by atoms with Crippen LogP contribution in [0.5, 0.6) is 0 Å². The van der Waals surface area contributed by atoms with E-state index in [1.807, 2.05) is 10.3 Å². The molecule has 0 amide bonds. The lowest BCUT2D eigenvalue weighted by molar-refractivity contribution is -0.139. The molecule has 2 aliphatic rings. The van der Waals surface area contributed by atoms with Crippen LogP contribution in [-0.4, -0.2) is 40.9 Å². The van der Waals surface area contributed by atoms with Crippen LogP contribution in [0.3, 0.4) is 0 Å². The number of rotatable bonds is 5. The van der Waals surface area contributed by atoms with E-state index in [9.17, 15) is 9.18 Å². The number of aromatic nitrogens is 1. The summed E-state index contributed by atoms with van der Waals surface area (Å²) in [6.07, 6.45) is 2.21. The van der Waals surface area contributed by atoms with Crippen LogP contribution in [-0.2, 0) is 9.53 Å². The molecule has 1 aromatic heterocycles. The minimum Gasteiger partial charge on any atom is -0.463 e. The first-order valence-electron chi connectivity index (χ1n) is 9.20. The number of fused-ring (bicyclic) bond motifs is 1. The van der Waals surface area contributed by atoms with E-state index in [-0.39, 0.29) is 6.61 Å². The van der Waals surface area contributed by atoms with Gasteiger partial charge in [-0.15, -0.1) is 11.3 Å². The van der Waals surface area contributed by atoms with E-state index >= 15 is 0 Å². The monoisotopic (exact) mass is 490 g/mol. The lowest BCUT2D eigenvalue weighted by atomic mass is 9.93. The van der Waals surface area contributed by atoms with E-state index < -0.39 is 23.9 Å². The molecule has 30 heavy (non-hydrogen) atoms. The van der Waals surface area contributed by atoms with Gasteiger partial charge in [0, 0.05) is 33.2 Å². The van der Waals surface area contributed by atoms with E-state index in [4.69, 9.17) is 15.3 Å². The summed E-state index contributed by atoms with van der Waals surface area (Å²) in [6, 6.07) is 2.92. The lowest BCUT2D eigenvalue weighted by Gasteiger charge is -2.32. The zero-order valence-corrected chi connectivity index (χ0v) is 18.2. The summed E-state index contributed by atoms with van der Waals surface area (Å²) < 4.78 is 19.5. The molecular weight excluding hydrogens is 475 g/mol. The van der Waals surface area contributed by atoms with E-state index in [1.54, 1.807) is 19.2 Å². The fourth-order valence-corrected chi connectivity index (χ4v) is 4.89. The molecule has 1 fully saturated rings. The van der Waals surface area contributed by atoms with Crippen molar-refractivity contribution < 1.29 is 13.9 Å². The van der Waals surface area contributed by atoms with Gasteiger partial charge in [-0.2, -0.15) is 0 Å². The maximum absolute atomic E-state index is 13.7. The first-order valence-corrected chi connectivity index (χ1v) is 10.9. The van der Waals surface area contributed by atoms with Gasteiger partial charge >= 0.3 is 5.97 Å². The Morgan fingerprint density at radius 2 is 2.37 bits per heavy atom. The molecule has 2 aromatic rings. The number of aliphatic imine (C=N–C) groups is 1. The summed E-state index contributed by atoms with van der Waals surface area (Å²) in [6.45, 7) is 2.43. The van der Waals surface area contributed by atoms with Gasteiger partial charge < -0.3 is 9.64 Å². The first kappa shape index (κ1) is 20.5. The van der Waals surface area contributed by atoms with Gasteiger partial charge in [0.15, 0.2) is 10.8 Å². The number of esters is 1. The van der Waals surface area contributed by atoms with Crippen molar-refractivity contribution in [3.8, 4) is 0 Å². The summed E-state index contributed by atoms with van der Waals surface area (Å²) in [5, 5.41) is 6.43. The lowest BCUT2D eigenvalue weighted by Crippen LogP contribution is -2.36. The molecule has 0 saturated carbocycles. The number of carbonyl (C=O) groups excluding carboxylic acids is 1. The fraction of sp³-hybridized carbons (Fsp3) is 0.316. The number of hydrogen-bond donors (Lipinski definition) is 0. The average molecular weight is 491 g/mol. The zero-order valence-electron chi connectivity index (χ0n) is 15.8. The molecule has 4 rings (SSSR count). The largest absolute Gasteiger partial charge is 0.463 e. The van der Waals surface area contributed by atoms with Crippen molar-refractivity contribution in [1.82, 2.24) is 9.88 Å². The minimum atomic E-state index is -0.765. The Morgan fingerprint density at radius 1 is 1.53 bits per heavy atom. The number of carbonyl (C=O) groups is 1. The Labute approximate surface area is 183 Å². The number of thiazole rings is 1. The van der Waals surface area contributed by atoms with Crippen molar-refractivity contribution in [3.63, 3.8) is 0 Å². The second-order valence-electron chi connectivity index (χ2n) is 6.54. The number of amidine groups is 1. The van der Waals surface area contributed by atoms with Crippen LogP contribution in [0.1, 0.15) is 30.0 Å². The van der Waals surface area contributed by atoms with Crippen molar-refractivity contribution in [3.05, 3.63) is 72.4 Å². The molecule has 0 N–H and O–H groups in total. The number of ether oxygens (including phenoxy) is 1. The van der Waals surface area contributed by atoms with E-state index in [2.05, 4.69) is 30.9 Å². The Kier molecular flexibility index (Phi) is 5.85. The quantitative estimate of drug-likeness (QED) is 0.261. The number of benzene rings is 1. The van der Waals surface area contributed by atoms with Crippen molar-refractivity contribution in [2.75, 3.05) is 13.2 Å². The van der Waals surface area contributed by atoms with Crippen LogP contribution in [0.25, 0.3) is 10.4 Å². The minimum absolute atomic E-state index is 0.183. The molecule has 0 aliphatic carbocycles. The highest BCUT2D eigenvalue weighted by Crippen LogP contribution is 2.43. The summed E-state index contributed by atoms with van der Waals surface area (Å²) in [4.78, 5) is 27.1. The maximum Gasteiger partial charge on any atom is 0.338 e. The molecule has 154 valence electrons. The number of azide groups is 1. The highest BCUT2D eigenvalue weighted by molar-refractivity contribution is 9.10. The normalized spacial score (nSPS) is 20.5. The van der Waals surface area contributed by atoms with Crippen molar-refractivity contribution in [2.24, 2.45) is 10.1 Å². The third-order valence-corrected chi connectivity index (χ3v) is 6.31. The summed E-state index contributed by atoms with van der Waals surface area (Å²) >= 11 is 4.81. The van der Waals surface area contributed by atoms with Crippen LogP contribution in [0.2, 0.25) is 0 Å². The molecule has 2 atom stereocenters. The van der Waals surface area contributed by atoms with Gasteiger partial charge in [0.2, 0.25) is 0 Å². The van der Waals surface area contributed by atoms with Crippen LogP contribution >= 0.6 is 27.3 Å². The molecule has 1 aromatic carbocycles. The van der Waals surface area contributed by atoms with E-state index in [1.165, 1.54) is 23.5 Å². The molecule has 0 unspecified atom stereocenters. The third-order valence-electron chi connectivity index (χ3n) is 4.86. The predicted octanol–water partition coefficient (Wildman–Crippen LogP) is 4.75. The highest BCUT2D eigenvalue weighted by atomic mass is 79.9. The van der Waals surface area contributed by atoms with Crippen molar-refractivity contribution in [1.29, 1.82) is 0 Å². The average Bonchev–Trinajstić information content (AvgIpc) is 3.38. The Balaban J connectivity index is 1.97. The highest BCUT2D eigenvalue weighted by Gasteiger charge is 2.43. The summed E-state index contributed by atoms with van der Waals surface area (Å²) in [5.74, 6) is -0.365. The SMILES string of the molecule is CCOC(=O)C1=C2[C@@H](N=[N+]=[N-])CCN2C(c2nccs2)=N[C@H]1c1ccc(F)cc1Br. The maximum atomic E-state index is 13.7. The van der Waals surface area contributed by atoms with Gasteiger partial charge in [0.05, 0.1) is 18.2 Å². The van der Waals surface area contributed by atoms with Crippen LogP contribution in [0, 0.1) is 5.82 Å². The number of hydrogen-bond acceptors (Lipinski definition) is 7. The Bertz CT molecular complexity index is 1100. The molecule has 0 radical (unpaired) electrons. The molecule has 2 aliphatic heterocycles. The second kappa shape index (κ2) is 8.55. The van der Waals surface area contributed by atoms with Crippen molar-refractivity contribution in [2.45, 2.75) is 25.4 Å². The first-order chi connectivity index (χ1) is 14.5. The molecule has 0 spiro atoms. The summed E-state index contributed by atoms with van der Waals surface area (Å²) in [5.41, 5.74) is 10.5. The molecule has 8 nitrogen and oxygen atoms in total. The fourth-order valence-electron chi connectivity index (χ4n) is 3.68. The third kappa shape index (κ3) is 3.60. The van der Waals surface area contributed by atoms with Gasteiger partial charge in [-0.1, -0.05) is 27.1 Å². The molecule has 11 heteroatoms. The molecule has 1 saturated heterocycles. The van der Waals surface area contributed by atoms with Gasteiger partial charge in [0.25, 0.3) is 0 Å².